The molecule has 1 aromatic carbocycles. The van der Waals surface area contributed by atoms with Crippen molar-refractivity contribution in [1.82, 2.24) is 9.97 Å². The molecular formula is C20H15Cl5N4O. The molecule has 3 rings (SSSR count). The third-order valence-corrected chi connectivity index (χ3v) is 4.52. The van der Waals surface area contributed by atoms with Crippen molar-refractivity contribution >= 4 is 69.5 Å². The summed E-state index contributed by atoms with van der Waals surface area (Å²) >= 11 is 28.4. The molecule has 0 radical (unpaired) electrons. The van der Waals surface area contributed by atoms with E-state index in [1.165, 1.54) is 6.92 Å². The number of carbonyl (C=O) groups excluding carboxylic acids is 1. The van der Waals surface area contributed by atoms with Crippen molar-refractivity contribution in [1.29, 1.82) is 5.26 Å². The molecule has 0 bridgehead atoms. The van der Waals surface area contributed by atoms with Gasteiger partial charge in [-0.15, -0.1) is 0 Å². The number of hydrogen-bond acceptors (Lipinski definition) is 5. The van der Waals surface area contributed by atoms with Crippen molar-refractivity contribution in [3.8, 4) is 6.07 Å². The van der Waals surface area contributed by atoms with Gasteiger partial charge in [0.05, 0.1) is 11.8 Å². The number of aromatic nitrogens is 2. The lowest BCUT2D eigenvalue weighted by Gasteiger charge is -2.04. The number of hydrogen-bond donors (Lipinski definition) is 1. The number of nitrogen functional groups attached to an aromatic ring is 1. The Bertz CT molecular complexity index is 1050. The van der Waals surface area contributed by atoms with E-state index in [0.29, 0.717) is 32.1 Å². The van der Waals surface area contributed by atoms with E-state index in [0.717, 1.165) is 0 Å². The summed E-state index contributed by atoms with van der Waals surface area (Å²) in [5, 5.41) is 9.01. The lowest BCUT2D eigenvalue weighted by molar-refractivity contribution is 0.0993. The van der Waals surface area contributed by atoms with Crippen LogP contribution >= 0.6 is 58.0 Å². The minimum atomic E-state index is -0.0662. The van der Waals surface area contributed by atoms with Crippen LogP contribution in [0.25, 0.3) is 0 Å². The zero-order valence-electron chi connectivity index (χ0n) is 15.5. The number of carbonyl (C=O) groups is 1. The van der Waals surface area contributed by atoms with Gasteiger partial charge < -0.3 is 5.73 Å². The van der Waals surface area contributed by atoms with Gasteiger partial charge in [0.15, 0.2) is 10.9 Å². The van der Waals surface area contributed by atoms with Crippen LogP contribution in [0.4, 0.5) is 5.69 Å². The fourth-order valence-electron chi connectivity index (χ4n) is 1.93. The van der Waals surface area contributed by atoms with Crippen LogP contribution in [0.1, 0.15) is 22.8 Å². The van der Waals surface area contributed by atoms with Crippen LogP contribution in [-0.2, 0) is 6.42 Å². The number of Topliss-reactive ketones (excluding diaryl/α,β-unsaturated/α-hetero) is 1. The molecule has 5 nitrogen and oxygen atoms in total. The third kappa shape index (κ3) is 9.17. The van der Waals surface area contributed by atoms with Crippen LogP contribution in [0.2, 0.25) is 25.6 Å². The average molecular weight is 505 g/mol. The highest BCUT2D eigenvalue weighted by Gasteiger charge is 2.11. The molecule has 0 saturated heterocycles. The van der Waals surface area contributed by atoms with E-state index in [4.69, 9.17) is 69.0 Å². The minimum absolute atomic E-state index is 0.0662. The fraction of sp³-hybridized carbons (Fsp3) is 0.100. The van der Waals surface area contributed by atoms with Gasteiger partial charge in [-0.1, -0.05) is 76.2 Å². The zero-order valence-corrected chi connectivity index (χ0v) is 19.3. The molecule has 3 aromatic rings. The SMILES string of the molecule is CC#N.Nc1ccc(Cl)nc1Cl.O=C(Cc1ccc(Cl)nc1Cl)c1cccc(Cl)c1. The van der Waals surface area contributed by atoms with E-state index in [1.807, 2.05) is 0 Å². The number of nitrogens with two attached hydrogens (primary N) is 1. The number of anilines is 1. The van der Waals surface area contributed by atoms with E-state index in [2.05, 4.69) is 9.97 Å². The molecule has 0 unspecified atom stereocenters. The predicted octanol–water partition coefficient (Wildman–Crippen LogP) is 6.97. The lowest BCUT2D eigenvalue weighted by atomic mass is 10.0. The van der Waals surface area contributed by atoms with Crippen molar-refractivity contribution in [3.63, 3.8) is 0 Å². The van der Waals surface area contributed by atoms with Crippen LogP contribution < -0.4 is 5.73 Å². The molecule has 0 aliphatic rings. The normalized spacial score (nSPS) is 9.37. The van der Waals surface area contributed by atoms with Gasteiger partial charge in [-0.2, -0.15) is 5.26 Å². The largest absolute Gasteiger partial charge is 0.396 e. The van der Waals surface area contributed by atoms with Gasteiger partial charge in [-0.05, 0) is 35.9 Å². The summed E-state index contributed by atoms with van der Waals surface area (Å²) in [4.78, 5) is 19.6. The molecule has 30 heavy (non-hydrogen) atoms. The van der Waals surface area contributed by atoms with E-state index >= 15 is 0 Å². The van der Waals surface area contributed by atoms with Gasteiger partial charge in [0.25, 0.3) is 0 Å². The highest BCUT2D eigenvalue weighted by Crippen LogP contribution is 2.20. The van der Waals surface area contributed by atoms with Crippen LogP contribution in [0.15, 0.2) is 48.5 Å². The second kappa shape index (κ2) is 13.3. The maximum atomic E-state index is 12.0. The van der Waals surface area contributed by atoms with E-state index < -0.39 is 0 Å². The molecule has 0 aliphatic heterocycles. The van der Waals surface area contributed by atoms with Crippen LogP contribution in [0.5, 0.6) is 0 Å². The van der Waals surface area contributed by atoms with Crippen molar-refractivity contribution in [2.45, 2.75) is 13.3 Å². The number of pyridine rings is 2. The topological polar surface area (TPSA) is 92.7 Å². The molecule has 2 N–H and O–H groups in total. The monoisotopic (exact) mass is 502 g/mol. The summed E-state index contributed by atoms with van der Waals surface area (Å²) in [6.07, 6.45) is 0.170. The Morgan fingerprint density at radius 2 is 1.53 bits per heavy atom. The summed E-state index contributed by atoms with van der Waals surface area (Å²) in [6, 6.07) is 15.0. The Kier molecular flexibility index (Phi) is 11.5. The molecule has 0 saturated carbocycles. The van der Waals surface area contributed by atoms with Gasteiger partial charge in [0, 0.05) is 23.9 Å². The van der Waals surface area contributed by atoms with Crippen LogP contribution in [0, 0.1) is 11.3 Å². The van der Waals surface area contributed by atoms with E-state index in [-0.39, 0.29) is 22.5 Å². The quantitative estimate of drug-likeness (QED) is 0.307. The van der Waals surface area contributed by atoms with Crippen molar-refractivity contribution in [3.05, 3.63) is 85.3 Å². The number of rotatable bonds is 3. The Balaban J connectivity index is 0.000000313. The number of benzene rings is 1. The second-order valence-corrected chi connectivity index (χ2v) is 7.36. The standard InChI is InChI=1S/C13H8Cl3NO.C5H4Cl2N2.C2H3N/c14-10-3-1-2-8(6-10)11(18)7-9-4-5-12(15)17-13(9)16;6-4-2-1-3(8)5(7)9-4;1-2-3/h1-6H,7H2;1-2H,8H2;1H3. The van der Waals surface area contributed by atoms with Gasteiger partial charge >= 0.3 is 0 Å². The molecule has 0 spiro atoms. The van der Waals surface area contributed by atoms with Crippen molar-refractivity contribution < 1.29 is 4.79 Å². The molecule has 2 aromatic heterocycles. The Labute approximate surface area is 199 Å². The third-order valence-electron chi connectivity index (χ3n) is 3.23. The Morgan fingerprint density at radius 3 is 2.03 bits per heavy atom. The first-order chi connectivity index (χ1) is 14.2. The molecule has 0 aliphatic carbocycles. The number of nitriles is 1. The molecule has 10 heteroatoms. The molecule has 156 valence electrons. The summed E-state index contributed by atoms with van der Waals surface area (Å²) in [5.41, 5.74) is 6.98. The molecule has 0 amide bonds. The average Bonchev–Trinajstić information content (AvgIpc) is 2.68. The zero-order chi connectivity index (χ0) is 22.7. The fourth-order valence-corrected chi connectivity index (χ4v) is 2.88. The number of nitrogens with zero attached hydrogens (tertiary/aromatic N) is 3. The van der Waals surface area contributed by atoms with Crippen molar-refractivity contribution in [2.75, 3.05) is 5.73 Å². The highest BCUT2D eigenvalue weighted by molar-refractivity contribution is 6.34. The van der Waals surface area contributed by atoms with Gasteiger partial charge in [0.1, 0.15) is 15.5 Å². The van der Waals surface area contributed by atoms with Crippen LogP contribution in [-0.4, -0.2) is 15.8 Å². The first-order valence-electron chi connectivity index (χ1n) is 8.16. The number of ketones is 1. The van der Waals surface area contributed by atoms with E-state index in [1.54, 1.807) is 54.6 Å². The highest BCUT2D eigenvalue weighted by atomic mass is 35.5. The predicted molar refractivity (Wildman–Crippen MR) is 124 cm³/mol. The summed E-state index contributed by atoms with van der Waals surface area (Å²) < 4.78 is 0. The Morgan fingerprint density at radius 1 is 0.967 bits per heavy atom. The first-order valence-corrected chi connectivity index (χ1v) is 10.0. The molecule has 2 heterocycles. The number of halogens is 5. The van der Waals surface area contributed by atoms with Gasteiger partial charge in [-0.3, -0.25) is 4.79 Å². The van der Waals surface area contributed by atoms with Crippen LogP contribution in [0.3, 0.4) is 0 Å². The summed E-state index contributed by atoms with van der Waals surface area (Å²) in [6.45, 7) is 1.43. The molecule has 0 atom stereocenters. The maximum Gasteiger partial charge on any atom is 0.167 e. The second-order valence-electron chi connectivity index (χ2n) is 5.43. The van der Waals surface area contributed by atoms with Crippen molar-refractivity contribution in [2.24, 2.45) is 0 Å². The molecular weight excluding hydrogens is 490 g/mol. The first kappa shape index (κ1) is 26.0. The summed E-state index contributed by atoms with van der Waals surface area (Å²) in [7, 11) is 0. The minimum Gasteiger partial charge on any atom is -0.396 e. The smallest absolute Gasteiger partial charge is 0.167 e. The summed E-state index contributed by atoms with van der Waals surface area (Å²) in [5.74, 6) is -0.0662. The van der Waals surface area contributed by atoms with Gasteiger partial charge in [0.2, 0.25) is 0 Å². The van der Waals surface area contributed by atoms with Gasteiger partial charge in [-0.25, -0.2) is 9.97 Å². The Hall–Kier alpha value is -2.07. The van der Waals surface area contributed by atoms with E-state index in [9.17, 15) is 4.79 Å². The lowest BCUT2D eigenvalue weighted by Crippen LogP contribution is -2.04. The molecule has 0 fully saturated rings. The maximum absolute atomic E-state index is 12.0.